The summed E-state index contributed by atoms with van der Waals surface area (Å²) in [5.74, 6) is -1.81. The molecular formula is C15H15F2N3O. The van der Waals surface area contributed by atoms with Crippen LogP contribution in [0.5, 0.6) is 0 Å². The molecule has 6 heteroatoms. The molecule has 0 saturated carbocycles. The Kier molecular flexibility index (Phi) is 4.37. The van der Waals surface area contributed by atoms with Gasteiger partial charge in [0.05, 0.1) is 5.56 Å². The second kappa shape index (κ2) is 6.21. The molecule has 0 spiro atoms. The Labute approximate surface area is 120 Å². The van der Waals surface area contributed by atoms with Gasteiger partial charge in [-0.25, -0.2) is 8.78 Å². The maximum absolute atomic E-state index is 13.1. The second-order valence-electron chi connectivity index (χ2n) is 4.62. The Morgan fingerprint density at radius 1 is 1.10 bits per heavy atom. The Morgan fingerprint density at radius 3 is 2.38 bits per heavy atom. The van der Waals surface area contributed by atoms with Crippen LogP contribution in [0.15, 0.2) is 36.4 Å². The number of carbonyl (C=O) groups is 1. The number of hydrogen-bond acceptors (Lipinski definition) is 3. The van der Waals surface area contributed by atoms with Gasteiger partial charge in [0.1, 0.15) is 11.6 Å². The highest BCUT2D eigenvalue weighted by Crippen LogP contribution is 2.19. The van der Waals surface area contributed by atoms with Gasteiger partial charge in [-0.1, -0.05) is 0 Å². The largest absolute Gasteiger partial charge is 0.399 e. The van der Waals surface area contributed by atoms with Crippen LogP contribution in [0, 0.1) is 11.6 Å². The number of nitrogens with one attached hydrogen (secondary N) is 1. The standard InChI is InChI=1S/C15H15F2N3O/c16-10-5-9(6-11(17)7-10)3-4-20-14-8-12(18)1-2-13(14)15(19)21/h1-2,5-8,20H,3-4,18H2,(H2,19,21). The predicted octanol–water partition coefficient (Wildman–Crippen LogP) is 2.30. The molecule has 0 fully saturated rings. The molecule has 0 aliphatic carbocycles. The molecule has 0 aliphatic heterocycles. The van der Waals surface area contributed by atoms with Crippen LogP contribution in [0.3, 0.4) is 0 Å². The summed E-state index contributed by atoms with van der Waals surface area (Å²) < 4.78 is 26.1. The van der Waals surface area contributed by atoms with E-state index < -0.39 is 17.5 Å². The van der Waals surface area contributed by atoms with Crippen LogP contribution in [0.4, 0.5) is 20.2 Å². The number of benzene rings is 2. The Balaban J connectivity index is 2.06. The van der Waals surface area contributed by atoms with Gasteiger partial charge in [-0.05, 0) is 42.3 Å². The van der Waals surface area contributed by atoms with Crippen molar-refractivity contribution < 1.29 is 13.6 Å². The smallest absolute Gasteiger partial charge is 0.250 e. The Morgan fingerprint density at radius 2 is 1.76 bits per heavy atom. The summed E-state index contributed by atoms with van der Waals surface area (Å²) in [7, 11) is 0. The molecule has 0 aromatic heterocycles. The van der Waals surface area contributed by atoms with Gasteiger partial charge in [-0.3, -0.25) is 4.79 Å². The lowest BCUT2D eigenvalue weighted by Gasteiger charge is -2.11. The van der Waals surface area contributed by atoms with Crippen molar-refractivity contribution in [2.75, 3.05) is 17.6 Å². The minimum atomic E-state index is -0.619. The molecule has 2 aromatic rings. The fourth-order valence-corrected chi connectivity index (χ4v) is 2.02. The van der Waals surface area contributed by atoms with E-state index in [4.69, 9.17) is 11.5 Å². The first-order valence-electron chi connectivity index (χ1n) is 6.34. The molecule has 2 rings (SSSR count). The van der Waals surface area contributed by atoms with Crippen molar-refractivity contribution in [3.8, 4) is 0 Å². The second-order valence-corrected chi connectivity index (χ2v) is 4.62. The van der Waals surface area contributed by atoms with Crippen molar-refractivity contribution in [2.45, 2.75) is 6.42 Å². The van der Waals surface area contributed by atoms with Gasteiger partial charge in [0.25, 0.3) is 5.91 Å². The number of nitrogens with two attached hydrogens (primary N) is 2. The zero-order valence-electron chi connectivity index (χ0n) is 11.2. The summed E-state index contributed by atoms with van der Waals surface area (Å²) in [5.41, 5.74) is 12.7. The maximum atomic E-state index is 13.1. The highest BCUT2D eigenvalue weighted by molar-refractivity contribution is 5.99. The van der Waals surface area contributed by atoms with E-state index in [9.17, 15) is 13.6 Å². The van der Waals surface area contributed by atoms with Crippen LogP contribution in [0.2, 0.25) is 0 Å². The van der Waals surface area contributed by atoms with Gasteiger partial charge >= 0.3 is 0 Å². The average molecular weight is 291 g/mol. The van der Waals surface area contributed by atoms with Crippen LogP contribution in [0.25, 0.3) is 0 Å². The molecule has 0 unspecified atom stereocenters. The summed E-state index contributed by atoms with van der Waals surface area (Å²) >= 11 is 0. The first-order chi connectivity index (χ1) is 9.95. The van der Waals surface area contributed by atoms with Gasteiger partial charge in [-0.2, -0.15) is 0 Å². The molecule has 5 N–H and O–H groups in total. The van der Waals surface area contributed by atoms with Crippen molar-refractivity contribution in [3.05, 3.63) is 59.2 Å². The molecule has 0 radical (unpaired) electrons. The van der Waals surface area contributed by atoms with Crippen LogP contribution in [-0.4, -0.2) is 12.5 Å². The Hall–Kier alpha value is -2.63. The molecule has 21 heavy (non-hydrogen) atoms. The quantitative estimate of drug-likeness (QED) is 0.739. The molecule has 2 aromatic carbocycles. The molecule has 0 heterocycles. The van der Waals surface area contributed by atoms with E-state index in [1.807, 2.05) is 0 Å². The van der Waals surface area contributed by atoms with E-state index in [0.29, 0.717) is 35.5 Å². The van der Waals surface area contributed by atoms with Crippen molar-refractivity contribution >= 4 is 17.3 Å². The summed E-state index contributed by atoms with van der Waals surface area (Å²) in [6.45, 7) is 0.382. The van der Waals surface area contributed by atoms with Crippen LogP contribution >= 0.6 is 0 Å². The maximum Gasteiger partial charge on any atom is 0.250 e. The highest BCUT2D eigenvalue weighted by Gasteiger charge is 2.08. The van der Waals surface area contributed by atoms with Crippen molar-refractivity contribution in [3.63, 3.8) is 0 Å². The lowest BCUT2D eigenvalue weighted by molar-refractivity contribution is 0.100. The number of primary amides is 1. The van der Waals surface area contributed by atoms with Crippen molar-refractivity contribution in [1.82, 2.24) is 0 Å². The third-order valence-corrected chi connectivity index (χ3v) is 2.96. The fraction of sp³-hybridized carbons (Fsp3) is 0.133. The fourth-order valence-electron chi connectivity index (χ4n) is 2.02. The van der Waals surface area contributed by atoms with E-state index >= 15 is 0 Å². The third-order valence-electron chi connectivity index (χ3n) is 2.96. The van der Waals surface area contributed by atoms with Crippen LogP contribution < -0.4 is 16.8 Å². The van der Waals surface area contributed by atoms with Crippen molar-refractivity contribution in [1.29, 1.82) is 0 Å². The number of anilines is 2. The summed E-state index contributed by atoms with van der Waals surface area (Å²) in [6.07, 6.45) is 0.391. The summed E-state index contributed by atoms with van der Waals surface area (Å²) in [4.78, 5) is 11.3. The molecule has 0 atom stereocenters. The number of rotatable bonds is 5. The topological polar surface area (TPSA) is 81.1 Å². The minimum absolute atomic E-state index is 0.314. The average Bonchev–Trinajstić information content (AvgIpc) is 2.37. The first kappa shape index (κ1) is 14.8. The van der Waals surface area contributed by atoms with Gasteiger partial charge in [0.15, 0.2) is 0 Å². The van der Waals surface area contributed by atoms with E-state index in [1.54, 1.807) is 12.1 Å². The molecular weight excluding hydrogens is 276 g/mol. The molecule has 1 amide bonds. The first-order valence-corrected chi connectivity index (χ1v) is 6.34. The van der Waals surface area contributed by atoms with Gasteiger partial charge in [0.2, 0.25) is 0 Å². The van der Waals surface area contributed by atoms with E-state index in [0.717, 1.165) is 6.07 Å². The van der Waals surface area contributed by atoms with E-state index in [1.165, 1.54) is 18.2 Å². The van der Waals surface area contributed by atoms with Gasteiger partial charge in [0, 0.05) is 24.0 Å². The number of halogens is 2. The van der Waals surface area contributed by atoms with E-state index in [2.05, 4.69) is 5.32 Å². The lowest BCUT2D eigenvalue weighted by Crippen LogP contribution is -2.16. The monoisotopic (exact) mass is 291 g/mol. The zero-order chi connectivity index (χ0) is 15.4. The molecule has 0 saturated heterocycles. The van der Waals surface area contributed by atoms with Crippen LogP contribution in [0.1, 0.15) is 15.9 Å². The molecule has 0 bridgehead atoms. The Bertz CT molecular complexity index is 654. The minimum Gasteiger partial charge on any atom is -0.399 e. The number of nitrogen functional groups attached to an aromatic ring is 1. The molecule has 110 valence electrons. The highest BCUT2D eigenvalue weighted by atomic mass is 19.1. The van der Waals surface area contributed by atoms with Crippen molar-refractivity contribution in [2.24, 2.45) is 5.73 Å². The van der Waals surface area contributed by atoms with Crippen LogP contribution in [-0.2, 0) is 6.42 Å². The lowest BCUT2D eigenvalue weighted by atomic mass is 10.1. The third kappa shape index (κ3) is 3.92. The van der Waals surface area contributed by atoms with Gasteiger partial charge < -0.3 is 16.8 Å². The summed E-state index contributed by atoms with van der Waals surface area (Å²) in [5, 5.41) is 3.00. The molecule has 0 aliphatic rings. The number of hydrogen-bond donors (Lipinski definition) is 3. The predicted molar refractivity (Wildman–Crippen MR) is 77.9 cm³/mol. The SMILES string of the molecule is NC(=O)c1ccc(N)cc1NCCc1cc(F)cc(F)c1. The normalized spacial score (nSPS) is 10.4. The molecule has 4 nitrogen and oxygen atoms in total. The zero-order valence-corrected chi connectivity index (χ0v) is 11.2. The number of amides is 1. The van der Waals surface area contributed by atoms with E-state index in [-0.39, 0.29) is 0 Å². The van der Waals surface area contributed by atoms with Gasteiger partial charge in [-0.15, -0.1) is 0 Å². The number of carbonyl (C=O) groups excluding carboxylic acids is 1. The summed E-state index contributed by atoms with van der Waals surface area (Å²) in [6, 6.07) is 8.04.